The summed E-state index contributed by atoms with van der Waals surface area (Å²) in [5.74, 6) is -0.517. The number of piperidine rings is 2. The fourth-order valence-corrected chi connectivity index (χ4v) is 19.2. The van der Waals surface area contributed by atoms with E-state index in [2.05, 4.69) is 38.5 Å². The van der Waals surface area contributed by atoms with Crippen molar-refractivity contribution in [3.8, 4) is 28.1 Å². The van der Waals surface area contributed by atoms with E-state index in [1.165, 1.54) is 66.9 Å². The predicted molar refractivity (Wildman–Crippen MR) is 586 cm³/mol. The summed E-state index contributed by atoms with van der Waals surface area (Å²) in [6.45, 7) is 8.99. The molecule has 2 fully saturated rings. The number of aliphatic hydroxyl groups is 1. The standard InChI is InChI=1S/C29H27N5O.C27H30FN3O4.C22H18ClFO.C21H21ClN4O2.C16H15ClO2S.3CH4/c1-34-28(35)26(24-12-11-21-9-5-6-10-23(21)18-24)27(22-13-15-31-16-14-22)33-29(34)32-19-25(30)17-20-7-3-2-4-8-20;1-29(2)27(34)25(32)22-16-30(3)23-15-24(35-4)21(14-20(22)23)26(33)31-11-9-18(10-12-31)13-17-5-7-19(28)8-6-17;1-14-5-3-4-6-19(14)22(25)20-10-7-16(13-21(20)23)12-17-8-9-18(24)11-15(17)2;22-16-3-1-15(2-4-16)21-20(18-5-8-23-13-25-18)17(11-24-21)14-6-9-26(10-7-14)19(28)12-27;1-13-2-4-14(5-3-13)10-11-20(18,19)12-15-6-8-16(17)9-7-15;;;/h2-16,18,25H,17,19,30H2,1H3,(H,32,33);5-8,14-16,18H,9-13H2,1-4H3;3-11,13H,12H2,1-2H3;1-5,8,13-14,27H,6-7,9-12H2;2-11H,12H2,1H3;3*1H4/b;;;;11-10+;;;/t25-;;;;;;;/m0......./s1. The Morgan fingerprint density at radius 1 is 0.616 bits per heavy atom. The van der Waals surface area contributed by atoms with Gasteiger partial charge in [0.25, 0.3) is 23.2 Å². The maximum atomic E-state index is 13.7. The molecule has 18 rings (SSSR count). The molecule has 4 aromatic heterocycles. The summed E-state index contributed by atoms with van der Waals surface area (Å²) in [5, 5.41) is 18.1. The number of nitrogens with two attached hydrogens (primary N) is 1. The van der Waals surface area contributed by atoms with Gasteiger partial charge in [-0.1, -0.05) is 226 Å². The fourth-order valence-electron chi connectivity index (χ4n) is 17.6. The number of aliphatic hydroxyl groups excluding tert-OH is 1. The number of aryl methyl sites for hydroxylation is 4. The van der Waals surface area contributed by atoms with Gasteiger partial charge in [0.1, 0.15) is 30.3 Å². The number of anilines is 1. The minimum Gasteiger partial charge on any atom is -0.496 e. The number of benzene rings is 11. The van der Waals surface area contributed by atoms with Crippen molar-refractivity contribution in [2.75, 3.05) is 72.4 Å². The number of allylic oxidation sites excluding steroid dienone is 1. The SMILES string of the molecule is C.C.C.COc1cc2c(cc1C(=O)N1CCC(Cc3ccc(F)cc3)CC1)c(C(=O)C(=O)N(C)C)cn2C.Cc1cc(F)ccc1Cc1ccc(C(=O)c2ccccc2C)c(Cl)c1.Cc1ccc(/C=C/S(=O)(=O)Cc2ccc(Cl)cc2)cc1.Cn1c(NC[C@@H](N)Cc2ccccc2)nc(-c2ccncc2)c(-c2ccc3ccccc3c2)c1=O.O=C(CO)N1CCC(C2=C(c3ccncn3)C(c3ccc(Cl)cc3)=NC2)CC1. The van der Waals surface area contributed by atoms with Crippen LogP contribution in [0.5, 0.6) is 5.75 Å². The molecule has 756 valence electrons. The monoisotopic (exact) mass is 2040 g/mol. The first-order chi connectivity index (χ1) is 68.9. The quantitative estimate of drug-likeness (QED) is 0.0354. The third-order valence-electron chi connectivity index (χ3n) is 25.5. The number of nitrogens with one attached hydrogen (secondary N) is 1. The number of aliphatic imine (C=N–C) groups is 1. The van der Waals surface area contributed by atoms with Gasteiger partial charge in [0, 0.05) is 146 Å². The topological polar surface area (TPSA) is 288 Å². The number of aromatic nitrogens is 6. The van der Waals surface area contributed by atoms with Crippen LogP contribution in [0.25, 0.3) is 55.7 Å². The van der Waals surface area contributed by atoms with E-state index >= 15 is 0 Å². The highest BCUT2D eigenvalue weighted by Gasteiger charge is 2.34. The van der Waals surface area contributed by atoms with E-state index < -0.39 is 28.1 Å². The average Bonchev–Trinajstić information content (AvgIpc) is 1.20. The number of pyridine rings is 1. The highest BCUT2D eigenvalue weighted by Crippen LogP contribution is 2.39. The zero-order valence-electron chi connectivity index (χ0n) is 80.7. The van der Waals surface area contributed by atoms with Crippen molar-refractivity contribution in [2.24, 2.45) is 36.7 Å². The van der Waals surface area contributed by atoms with Crippen LogP contribution < -0.4 is 21.3 Å². The largest absolute Gasteiger partial charge is 0.496 e. The van der Waals surface area contributed by atoms with E-state index in [1.54, 1.807) is 119 Å². The van der Waals surface area contributed by atoms with Crippen molar-refractivity contribution in [3.63, 3.8) is 0 Å². The highest BCUT2D eigenvalue weighted by atomic mass is 35.5. The zero-order valence-corrected chi connectivity index (χ0v) is 83.8. The van der Waals surface area contributed by atoms with Crippen molar-refractivity contribution >= 4 is 119 Å². The summed E-state index contributed by atoms with van der Waals surface area (Å²) in [6, 6.07) is 79.7. The van der Waals surface area contributed by atoms with Crippen molar-refractivity contribution in [3.05, 3.63) is 424 Å². The van der Waals surface area contributed by atoms with Crippen LogP contribution in [0.2, 0.25) is 15.1 Å². The highest BCUT2D eigenvalue weighted by molar-refractivity contribution is 7.93. The summed E-state index contributed by atoms with van der Waals surface area (Å²) < 4.78 is 59.3. The maximum absolute atomic E-state index is 13.7. The number of methoxy groups -OCH3 is 1. The molecule has 146 heavy (non-hydrogen) atoms. The molecular weight excluding hydrogens is 1920 g/mol. The van der Waals surface area contributed by atoms with Gasteiger partial charge in [0.15, 0.2) is 15.6 Å². The van der Waals surface area contributed by atoms with Gasteiger partial charge in [-0.2, -0.15) is 0 Å². The molecule has 7 heterocycles. The van der Waals surface area contributed by atoms with Crippen LogP contribution in [-0.4, -0.2) is 165 Å². The van der Waals surface area contributed by atoms with E-state index in [-0.39, 0.29) is 74.4 Å². The molecule has 11 aromatic carbocycles. The van der Waals surface area contributed by atoms with Crippen molar-refractivity contribution < 1.29 is 51.0 Å². The molecule has 22 nitrogen and oxygen atoms in total. The van der Waals surface area contributed by atoms with E-state index in [9.17, 15) is 46.0 Å². The first kappa shape index (κ1) is 112. The number of halogens is 5. The number of fused-ring (bicyclic) bond motifs is 2. The number of nitrogens with zero attached hydrogens (tertiary/aromatic N) is 10. The summed E-state index contributed by atoms with van der Waals surface area (Å²) in [5.41, 5.74) is 25.6. The molecule has 1 atom stereocenters. The molecule has 0 unspecified atom stereocenters. The summed E-state index contributed by atoms with van der Waals surface area (Å²) >= 11 is 18.2. The summed E-state index contributed by atoms with van der Waals surface area (Å²) in [7, 11) is 4.81. The van der Waals surface area contributed by atoms with Gasteiger partial charge in [-0.3, -0.25) is 43.3 Å². The Balaban J connectivity index is 0.000000175. The van der Waals surface area contributed by atoms with Crippen LogP contribution >= 0.6 is 34.8 Å². The minimum absolute atomic E-state index is 0. The zero-order chi connectivity index (χ0) is 102. The molecule has 4 N–H and O–H groups in total. The van der Waals surface area contributed by atoms with Gasteiger partial charge in [-0.05, 0) is 241 Å². The van der Waals surface area contributed by atoms with Crippen LogP contribution in [0.1, 0.15) is 146 Å². The number of rotatable bonds is 25. The number of Topliss-reactive ketones (excluding diaryl/α,β-unsaturated/α-hetero) is 1. The molecule has 0 bridgehead atoms. The predicted octanol–water partition coefficient (Wildman–Crippen LogP) is 23.0. The Morgan fingerprint density at radius 3 is 1.88 bits per heavy atom. The number of hydrogen-bond donors (Lipinski definition) is 3. The van der Waals surface area contributed by atoms with Crippen molar-refractivity contribution in [1.29, 1.82) is 0 Å². The van der Waals surface area contributed by atoms with E-state index in [1.807, 2.05) is 191 Å². The molecule has 3 aliphatic heterocycles. The van der Waals surface area contributed by atoms with Crippen LogP contribution in [0.4, 0.5) is 14.7 Å². The van der Waals surface area contributed by atoms with Gasteiger partial charge in [-0.15, -0.1) is 0 Å². The number of ketones is 2. The number of likely N-dealkylation sites (tertiary alicyclic amines) is 2. The lowest BCUT2D eigenvalue weighted by Gasteiger charge is -2.32. The van der Waals surface area contributed by atoms with Crippen LogP contribution in [0.3, 0.4) is 0 Å². The molecule has 0 aliphatic carbocycles. The Hall–Kier alpha value is -14.6. The van der Waals surface area contributed by atoms with Crippen LogP contribution in [-0.2, 0) is 58.5 Å². The first-order valence-corrected chi connectivity index (χ1v) is 49.8. The lowest BCUT2D eigenvalue weighted by Crippen LogP contribution is -2.40. The molecule has 3 aliphatic rings. The lowest BCUT2D eigenvalue weighted by atomic mass is 9.84. The van der Waals surface area contributed by atoms with E-state index in [0.29, 0.717) is 123 Å². The van der Waals surface area contributed by atoms with Gasteiger partial charge in [-0.25, -0.2) is 32.2 Å². The second-order valence-electron chi connectivity index (χ2n) is 35.8. The van der Waals surface area contributed by atoms with Crippen molar-refractivity contribution in [1.82, 2.24) is 43.8 Å². The smallest absolute Gasteiger partial charge is 0.294 e. The summed E-state index contributed by atoms with van der Waals surface area (Å²) in [6.07, 6.45) is 15.6. The Labute approximate surface area is 868 Å². The van der Waals surface area contributed by atoms with Crippen LogP contribution in [0.15, 0.2) is 313 Å². The maximum Gasteiger partial charge on any atom is 0.294 e. The van der Waals surface area contributed by atoms with Crippen molar-refractivity contribution in [2.45, 2.75) is 99.8 Å². The number of ether oxygens (including phenoxy) is 1. The summed E-state index contributed by atoms with van der Waals surface area (Å²) in [4.78, 5) is 104. The van der Waals surface area contributed by atoms with E-state index in [0.717, 1.165) is 127 Å². The third kappa shape index (κ3) is 29.0. The lowest BCUT2D eigenvalue weighted by molar-refractivity contribution is -0.135. The average molecular weight is 2050 g/mol. The van der Waals surface area contributed by atoms with Gasteiger partial charge >= 0.3 is 0 Å². The van der Waals surface area contributed by atoms with E-state index in [4.69, 9.17) is 60.4 Å². The molecule has 3 amide bonds. The number of sulfone groups is 1. The Kier molecular flexibility index (Phi) is 40.0. The molecule has 15 aromatic rings. The molecule has 0 saturated carbocycles. The number of carbonyl (C=O) groups is 5. The molecule has 28 heteroatoms. The first-order valence-electron chi connectivity index (χ1n) is 46.9. The number of likely N-dealkylation sites (N-methyl/N-ethyl adjacent to an activating group) is 1. The minimum atomic E-state index is -3.28. The molecule has 2 saturated heterocycles. The second-order valence-corrected chi connectivity index (χ2v) is 39.0. The fraction of sp³-hybridized carbons (Fsp3) is 0.246. The molecule has 0 spiro atoms. The Morgan fingerprint density at radius 2 is 1.24 bits per heavy atom. The normalized spacial score (nSPS) is 13.2. The van der Waals surface area contributed by atoms with Gasteiger partial charge < -0.3 is 40.2 Å². The van der Waals surface area contributed by atoms with Gasteiger partial charge in [0.2, 0.25) is 11.9 Å². The molecular formula is C118H123Cl3F2N12O10S. The molecule has 0 radical (unpaired) electrons. The third-order valence-corrected chi connectivity index (χ3v) is 27.6. The number of carbonyl (C=O) groups excluding carboxylic acids is 5. The van der Waals surface area contributed by atoms with Crippen LogP contribution in [0, 0.1) is 44.2 Å². The Bertz CT molecular complexity index is 7370. The number of hydrogen-bond acceptors (Lipinski definition) is 17. The number of amides is 3. The van der Waals surface area contributed by atoms with Gasteiger partial charge in [0.05, 0.1) is 63.7 Å². The second kappa shape index (κ2) is 52.3.